The van der Waals surface area contributed by atoms with Crippen LogP contribution in [0.2, 0.25) is 0 Å². The molecule has 0 aromatic rings. The van der Waals surface area contributed by atoms with Crippen molar-refractivity contribution in [2.24, 2.45) is 5.11 Å². The van der Waals surface area contributed by atoms with Gasteiger partial charge in [0.05, 0.1) is 12.6 Å². The Balaban J connectivity index is 2.90. The van der Waals surface area contributed by atoms with E-state index in [0.717, 1.165) is 0 Å². The van der Waals surface area contributed by atoms with Crippen molar-refractivity contribution in [1.29, 1.82) is 0 Å². The smallest absolute Gasteiger partial charge is 0.217 e. The van der Waals surface area contributed by atoms with Crippen LogP contribution in [0.4, 0.5) is 0 Å². The van der Waals surface area contributed by atoms with Gasteiger partial charge in [-0.25, -0.2) is 0 Å². The molecule has 17 heavy (non-hydrogen) atoms. The van der Waals surface area contributed by atoms with Gasteiger partial charge in [0, 0.05) is 11.8 Å². The van der Waals surface area contributed by atoms with E-state index in [9.17, 15) is 15.0 Å². The Bertz CT molecular complexity index is 332. The summed E-state index contributed by atoms with van der Waals surface area (Å²) < 4.78 is 5.08. The van der Waals surface area contributed by atoms with Crippen LogP contribution in [-0.2, 0) is 9.53 Å². The highest BCUT2D eigenvalue weighted by Gasteiger charge is 2.44. The van der Waals surface area contributed by atoms with Gasteiger partial charge >= 0.3 is 0 Å². The Morgan fingerprint density at radius 1 is 1.53 bits per heavy atom. The number of nitrogens with one attached hydrogen (secondary N) is 1. The number of ether oxygens (including phenoxy) is 1. The van der Waals surface area contributed by atoms with Crippen molar-refractivity contribution < 1.29 is 24.9 Å². The zero-order valence-corrected chi connectivity index (χ0v) is 9.09. The van der Waals surface area contributed by atoms with Gasteiger partial charge in [-0.3, -0.25) is 4.79 Å². The van der Waals surface area contributed by atoms with Crippen LogP contribution < -0.4 is 5.32 Å². The minimum absolute atomic E-state index is 0.467. The Kier molecular flexibility index (Phi) is 4.67. The average molecular weight is 246 g/mol. The van der Waals surface area contributed by atoms with E-state index < -0.39 is 43.1 Å². The van der Waals surface area contributed by atoms with Crippen LogP contribution >= 0.6 is 0 Å². The number of carbonyl (C=O) groups excluding carboxylic acids is 1. The number of aliphatic hydroxyl groups is 3. The van der Waals surface area contributed by atoms with Gasteiger partial charge in [-0.2, -0.15) is 0 Å². The molecule has 1 aliphatic heterocycles. The highest BCUT2D eigenvalue weighted by Crippen LogP contribution is 2.22. The largest absolute Gasteiger partial charge is 0.394 e. The number of rotatable bonds is 3. The molecular weight excluding hydrogens is 232 g/mol. The van der Waals surface area contributed by atoms with E-state index in [1.807, 2.05) is 0 Å². The third-order valence-electron chi connectivity index (χ3n) is 2.44. The number of azide groups is 1. The van der Waals surface area contributed by atoms with E-state index in [4.69, 9.17) is 15.4 Å². The first-order chi connectivity index (χ1) is 8.01. The Labute approximate surface area is 96.6 Å². The lowest BCUT2D eigenvalue weighted by atomic mass is 9.96. The van der Waals surface area contributed by atoms with Gasteiger partial charge in [0.25, 0.3) is 0 Å². The van der Waals surface area contributed by atoms with E-state index in [0.29, 0.717) is 0 Å². The minimum atomic E-state index is -1.39. The second-order valence-corrected chi connectivity index (χ2v) is 3.66. The molecule has 1 fully saturated rings. The fraction of sp³-hybridized carbons (Fsp3) is 0.875. The van der Waals surface area contributed by atoms with E-state index in [1.54, 1.807) is 0 Å². The SMILES string of the molecule is CC(=O)N[C@@H]1[C@@H](O)[C@H](O)[C@H](CO)O[C@@H]1N=[N+]=[N-]. The quantitative estimate of drug-likeness (QED) is 0.264. The van der Waals surface area contributed by atoms with Gasteiger partial charge in [-0.05, 0) is 5.53 Å². The number of aliphatic hydroxyl groups excluding tert-OH is 3. The molecule has 0 saturated carbocycles. The van der Waals surface area contributed by atoms with Gasteiger partial charge in [-0.1, -0.05) is 5.11 Å². The fourth-order valence-electron chi connectivity index (χ4n) is 1.64. The van der Waals surface area contributed by atoms with Gasteiger partial charge < -0.3 is 25.4 Å². The van der Waals surface area contributed by atoms with E-state index in [2.05, 4.69) is 15.3 Å². The number of amides is 1. The molecule has 0 radical (unpaired) electrons. The summed E-state index contributed by atoms with van der Waals surface area (Å²) in [5.41, 5.74) is 8.34. The number of carbonyl (C=O) groups is 1. The minimum Gasteiger partial charge on any atom is -0.394 e. The molecule has 9 nitrogen and oxygen atoms in total. The lowest BCUT2D eigenvalue weighted by Gasteiger charge is -2.40. The van der Waals surface area contributed by atoms with Crippen LogP contribution in [-0.4, -0.2) is 58.4 Å². The van der Waals surface area contributed by atoms with Crippen molar-refractivity contribution >= 4 is 5.91 Å². The molecule has 1 amide bonds. The fourth-order valence-corrected chi connectivity index (χ4v) is 1.64. The van der Waals surface area contributed by atoms with E-state index >= 15 is 0 Å². The summed E-state index contributed by atoms with van der Waals surface area (Å²) in [7, 11) is 0. The van der Waals surface area contributed by atoms with E-state index in [1.165, 1.54) is 6.92 Å². The Morgan fingerprint density at radius 2 is 2.18 bits per heavy atom. The molecule has 0 spiro atoms. The maximum Gasteiger partial charge on any atom is 0.217 e. The third kappa shape index (κ3) is 3.05. The summed E-state index contributed by atoms with van der Waals surface area (Å²) in [5.74, 6) is -0.467. The molecule has 0 aromatic carbocycles. The summed E-state index contributed by atoms with van der Waals surface area (Å²) in [6, 6.07) is -1.05. The standard InChI is InChI=1S/C8H14N4O5/c1-3(14)10-5-7(16)6(15)4(2-13)17-8(5)11-12-9/h4-8,13,15-16H,2H2,1H3,(H,10,14)/t4-,5+,6+,7+,8-/m0/s1. The molecule has 5 atom stereocenters. The maximum absolute atomic E-state index is 10.9. The van der Waals surface area contributed by atoms with Gasteiger partial charge in [0.15, 0.2) is 6.23 Å². The Morgan fingerprint density at radius 3 is 2.65 bits per heavy atom. The summed E-state index contributed by atoms with van der Waals surface area (Å²) in [4.78, 5) is 13.4. The zero-order valence-electron chi connectivity index (χ0n) is 9.09. The van der Waals surface area contributed by atoms with Gasteiger partial charge in [-0.15, -0.1) is 0 Å². The maximum atomic E-state index is 10.9. The van der Waals surface area contributed by atoms with Crippen LogP contribution in [0.15, 0.2) is 5.11 Å². The predicted molar refractivity (Wildman–Crippen MR) is 54.5 cm³/mol. The Hall–Kier alpha value is -1.38. The van der Waals surface area contributed by atoms with Gasteiger partial charge in [0.1, 0.15) is 18.3 Å². The molecule has 1 rings (SSSR count). The molecule has 0 unspecified atom stereocenters. The summed E-state index contributed by atoms with van der Waals surface area (Å²) in [6.07, 6.45) is -5.01. The van der Waals surface area contributed by atoms with Crippen molar-refractivity contribution in [2.75, 3.05) is 6.61 Å². The van der Waals surface area contributed by atoms with Crippen molar-refractivity contribution in [3.63, 3.8) is 0 Å². The summed E-state index contributed by atoms with van der Waals surface area (Å²) in [6.45, 7) is 0.673. The van der Waals surface area contributed by atoms with Crippen molar-refractivity contribution in [3.8, 4) is 0 Å². The average Bonchev–Trinajstić information content (AvgIpc) is 2.28. The number of hydrogen-bond acceptors (Lipinski definition) is 6. The molecule has 1 heterocycles. The third-order valence-corrected chi connectivity index (χ3v) is 2.44. The van der Waals surface area contributed by atoms with Crippen LogP contribution in [0.1, 0.15) is 6.92 Å². The lowest BCUT2D eigenvalue weighted by Crippen LogP contribution is -2.63. The second-order valence-electron chi connectivity index (χ2n) is 3.66. The molecule has 0 bridgehead atoms. The monoisotopic (exact) mass is 246 g/mol. The molecule has 1 saturated heterocycles. The molecular formula is C8H14N4O5. The molecule has 9 heteroatoms. The summed E-state index contributed by atoms with van der Waals surface area (Å²) >= 11 is 0. The van der Waals surface area contributed by atoms with Gasteiger partial charge in [0.2, 0.25) is 5.91 Å². The number of hydrogen-bond donors (Lipinski definition) is 4. The molecule has 0 aliphatic carbocycles. The van der Waals surface area contributed by atoms with Crippen LogP contribution in [0.25, 0.3) is 10.4 Å². The zero-order chi connectivity index (χ0) is 13.0. The van der Waals surface area contributed by atoms with Crippen molar-refractivity contribution in [3.05, 3.63) is 10.4 Å². The molecule has 4 N–H and O–H groups in total. The van der Waals surface area contributed by atoms with E-state index in [-0.39, 0.29) is 0 Å². The predicted octanol–water partition coefficient (Wildman–Crippen LogP) is -1.76. The second kappa shape index (κ2) is 5.80. The topological polar surface area (TPSA) is 148 Å². The van der Waals surface area contributed by atoms with Crippen LogP contribution in [0.5, 0.6) is 0 Å². The molecule has 0 aromatic heterocycles. The molecule has 1 aliphatic rings. The lowest BCUT2D eigenvalue weighted by molar-refractivity contribution is -0.193. The van der Waals surface area contributed by atoms with Crippen molar-refractivity contribution in [1.82, 2.24) is 5.32 Å². The first-order valence-corrected chi connectivity index (χ1v) is 4.95. The van der Waals surface area contributed by atoms with Crippen LogP contribution in [0.3, 0.4) is 0 Å². The summed E-state index contributed by atoms with van der Waals surface area (Å²) in [5, 5.41) is 33.8. The highest BCUT2D eigenvalue weighted by molar-refractivity contribution is 5.73. The number of nitrogens with zero attached hydrogens (tertiary/aromatic N) is 3. The first kappa shape index (κ1) is 13.7. The highest BCUT2D eigenvalue weighted by atomic mass is 16.5. The van der Waals surface area contributed by atoms with Crippen LogP contribution in [0, 0.1) is 0 Å². The first-order valence-electron chi connectivity index (χ1n) is 4.95. The normalized spacial score (nSPS) is 37.1. The molecule has 96 valence electrons. The van der Waals surface area contributed by atoms with Crippen molar-refractivity contribution in [2.45, 2.75) is 37.5 Å².